The zero-order valence-electron chi connectivity index (χ0n) is 6.79. The minimum Gasteiger partial charge on any atom is -0.471 e. The molecule has 4 nitrogen and oxygen atoms in total. The number of esters is 1. The highest BCUT2D eigenvalue weighted by Gasteiger charge is 2.11. The highest BCUT2D eigenvalue weighted by molar-refractivity contribution is 5.88. The second kappa shape index (κ2) is 3.21. The van der Waals surface area contributed by atoms with Gasteiger partial charge in [-0.15, -0.1) is 0 Å². The first kappa shape index (κ1) is 8.52. The zero-order chi connectivity index (χ0) is 9.14. The first-order chi connectivity index (χ1) is 5.66. The lowest BCUT2D eigenvalue weighted by Crippen LogP contribution is -2.17. The van der Waals surface area contributed by atoms with Gasteiger partial charge in [0.05, 0.1) is 13.4 Å². The molecule has 0 amide bonds. The van der Waals surface area contributed by atoms with Gasteiger partial charge in [0.2, 0.25) is 5.43 Å². The average Bonchev–Trinajstić information content (AvgIpc) is 2.08. The van der Waals surface area contributed by atoms with Crippen LogP contribution in [0.1, 0.15) is 15.9 Å². The number of methoxy groups -OCH3 is 1. The Balaban J connectivity index is 3.26. The van der Waals surface area contributed by atoms with Crippen molar-refractivity contribution in [2.24, 2.45) is 0 Å². The van der Waals surface area contributed by atoms with Crippen molar-refractivity contribution >= 4 is 5.97 Å². The molecule has 0 bridgehead atoms. The second-order valence-corrected chi connectivity index (χ2v) is 2.29. The van der Waals surface area contributed by atoms with Crippen LogP contribution in [-0.2, 0) is 4.74 Å². The van der Waals surface area contributed by atoms with Crippen LogP contribution in [0.3, 0.4) is 0 Å². The van der Waals surface area contributed by atoms with Crippen molar-refractivity contribution in [1.82, 2.24) is 0 Å². The van der Waals surface area contributed by atoms with Gasteiger partial charge in [-0.05, 0) is 6.92 Å². The highest BCUT2D eigenvalue weighted by atomic mass is 16.5. The third kappa shape index (κ3) is 1.37. The third-order valence-electron chi connectivity index (χ3n) is 1.44. The molecule has 12 heavy (non-hydrogen) atoms. The molecule has 1 aromatic heterocycles. The summed E-state index contributed by atoms with van der Waals surface area (Å²) in [7, 11) is 1.21. The molecule has 0 fully saturated rings. The Bertz CT molecular complexity index is 350. The van der Waals surface area contributed by atoms with Crippen molar-refractivity contribution in [2.75, 3.05) is 7.11 Å². The van der Waals surface area contributed by atoms with E-state index in [9.17, 15) is 9.59 Å². The molecule has 64 valence electrons. The molecule has 0 radical (unpaired) electrons. The average molecular weight is 168 g/mol. The van der Waals surface area contributed by atoms with Gasteiger partial charge in [0.25, 0.3) is 0 Å². The molecule has 0 spiro atoms. The Morgan fingerprint density at radius 2 is 2.17 bits per heavy atom. The van der Waals surface area contributed by atoms with E-state index >= 15 is 0 Å². The fraction of sp³-hybridized carbons (Fsp3) is 0.250. The van der Waals surface area contributed by atoms with Gasteiger partial charge in [0, 0.05) is 5.56 Å². The van der Waals surface area contributed by atoms with Crippen LogP contribution in [0.5, 0.6) is 0 Å². The van der Waals surface area contributed by atoms with Gasteiger partial charge in [-0.2, -0.15) is 0 Å². The molecule has 1 rings (SSSR count). The summed E-state index contributed by atoms with van der Waals surface area (Å²) in [5.41, 5.74) is -0.0384. The summed E-state index contributed by atoms with van der Waals surface area (Å²) in [5, 5.41) is 0. The Morgan fingerprint density at radius 3 is 2.75 bits per heavy atom. The van der Waals surface area contributed by atoms with Gasteiger partial charge in [0.15, 0.2) is 0 Å². The van der Waals surface area contributed by atoms with Gasteiger partial charge in [-0.25, -0.2) is 4.79 Å². The maximum atomic E-state index is 11.2. The largest absolute Gasteiger partial charge is 0.471 e. The first-order valence-electron chi connectivity index (χ1n) is 3.32. The van der Waals surface area contributed by atoms with Crippen LogP contribution in [0.4, 0.5) is 0 Å². The molecule has 0 aliphatic heterocycles. The van der Waals surface area contributed by atoms with Crippen LogP contribution in [0, 0.1) is 6.92 Å². The fourth-order valence-corrected chi connectivity index (χ4v) is 0.774. The molecule has 1 aromatic rings. The van der Waals surface area contributed by atoms with Crippen LogP contribution in [0.25, 0.3) is 0 Å². The first-order valence-corrected chi connectivity index (χ1v) is 3.32. The number of hydrogen-bond donors (Lipinski definition) is 0. The van der Waals surface area contributed by atoms with Crippen molar-refractivity contribution in [2.45, 2.75) is 6.92 Å². The third-order valence-corrected chi connectivity index (χ3v) is 1.44. The summed E-state index contributed by atoms with van der Waals surface area (Å²) < 4.78 is 9.12. The smallest absolute Gasteiger partial charge is 0.345 e. The minimum atomic E-state index is -0.674. The molecule has 0 atom stereocenters. The van der Waals surface area contributed by atoms with Gasteiger partial charge in [0.1, 0.15) is 11.8 Å². The standard InChI is InChI=1S/C8H8O4/c1-5-3-12-4-6(7(5)9)8(10)11-2/h3-4H,1-2H3. The number of hydrogen-bond acceptors (Lipinski definition) is 4. The van der Waals surface area contributed by atoms with E-state index in [0.717, 1.165) is 6.26 Å². The van der Waals surface area contributed by atoms with Crippen LogP contribution >= 0.6 is 0 Å². The van der Waals surface area contributed by atoms with Crippen LogP contribution in [-0.4, -0.2) is 13.1 Å². The van der Waals surface area contributed by atoms with Crippen molar-refractivity contribution < 1.29 is 13.9 Å². The molecular weight excluding hydrogens is 160 g/mol. The van der Waals surface area contributed by atoms with E-state index in [4.69, 9.17) is 4.42 Å². The van der Waals surface area contributed by atoms with E-state index in [-0.39, 0.29) is 11.0 Å². The summed E-state index contributed by atoms with van der Waals surface area (Å²) in [6.07, 6.45) is 2.37. The van der Waals surface area contributed by atoms with Crippen LogP contribution in [0.2, 0.25) is 0 Å². The van der Waals surface area contributed by atoms with E-state index < -0.39 is 5.97 Å². The summed E-state index contributed by atoms with van der Waals surface area (Å²) in [4.78, 5) is 22.1. The van der Waals surface area contributed by atoms with E-state index in [2.05, 4.69) is 4.74 Å². The van der Waals surface area contributed by atoms with Gasteiger partial charge in [-0.3, -0.25) is 4.79 Å². The number of rotatable bonds is 1. The monoisotopic (exact) mass is 168 g/mol. The van der Waals surface area contributed by atoms with Crippen molar-refractivity contribution in [3.05, 3.63) is 33.9 Å². The maximum absolute atomic E-state index is 11.2. The Kier molecular flexibility index (Phi) is 2.28. The van der Waals surface area contributed by atoms with Gasteiger partial charge in [-0.1, -0.05) is 0 Å². The maximum Gasteiger partial charge on any atom is 0.345 e. The second-order valence-electron chi connectivity index (χ2n) is 2.29. The number of carbonyl (C=O) groups excluding carboxylic acids is 1. The summed E-state index contributed by atoms with van der Waals surface area (Å²) >= 11 is 0. The molecule has 0 aliphatic carbocycles. The Hall–Kier alpha value is -1.58. The Morgan fingerprint density at radius 1 is 1.50 bits per heavy atom. The van der Waals surface area contributed by atoms with Gasteiger partial charge >= 0.3 is 5.97 Å². The lowest BCUT2D eigenvalue weighted by Gasteiger charge is -1.96. The summed E-state index contributed by atoms with van der Waals surface area (Å²) in [6.45, 7) is 1.57. The number of ether oxygens (including phenoxy) is 1. The SMILES string of the molecule is COC(=O)c1cocc(C)c1=O. The zero-order valence-corrected chi connectivity index (χ0v) is 6.79. The van der Waals surface area contributed by atoms with E-state index in [1.54, 1.807) is 6.92 Å². The highest BCUT2D eigenvalue weighted by Crippen LogP contribution is 1.97. The van der Waals surface area contributed by atoms with E-state index in [1.807, 2.05) is 0 Å². The minimum absolute atomic E-state index is 0.0718. The van der Waals surface area contributed by atoms with Crippen LogP contribution in [0.15, 0.2) is 21.7 Å². The Labute approximate surface area is 68.8 Å². The normalized spacial score (nSPS) is 9.50. The lowest BCUT2D eigenvalue weighted by atomic mass is 10.2. The van der Waals surface area contributed by atoms with Crippen LogP contribution < -0.4 is 5.43 Å². The quantitative estimate of drug-likeness (QED) is 0.580. The molecule has 0 unspecified atom stereocenters. The lowest BCUT2D eigenvalue weighted by molar-refractivity contribution is 0.0596. The molecule has 0 saturated carbocycles. The molecule has 0 saturated heterocycles. The van der Waals surface area contributed by atoms with Crippen molar-refractivity contribution in [3.63, 3.8) is 0 Å². The summed E-state index contributed by atoms with van der Waals surface area (Å²) in [6, 6.07) is 0. The molecule has 0 aromatic carbocycles. The molecule has 0 N–H and O–H groups in total. The number of aryl methyl sites for hydroxylation is 1. The van der Waals surface area contributed by atoms with Gasteiger partial charge < -0.3 is 9.15 Å². The van der Waals surface area contributed by atoms with E-state index in [1.165, 1.54) is 13.4 Å². The van der Waals surface area contributed by atoms with Crippen molar-refractivity contribution in [1.29, 1.82) is 0 Å². The molecule has 0 aliphatic rings. The topological polar surface area (TPSA) is 56.5 Å². The molecular formula is C8H8O4. The number of carbonyl (C=O) groups is 1. The molecule has 4 heteroatoms. The van der Waals surface area contributed by atoms with Crippen molar-refractivity contribution in [3.8, 4) is 0 Å². The molecule has 1 heterocycles. The predicted molar refractivity (Wildman–Crippen MR) is 41.1 cm³/mol. The fourth-order valence-electron chi connectivity index (χ4n) is 0.774. The predicted octanol–water partition coefficient (Wildman–Crippen LogP) is 0.735. The van der Waals surface area contributed by atoms with E-state index in [0.29, 0.717) is 5.56 Å². The summed E-state index contributed by atoms with van der Waals surface area (Å²) in [5.74, 6) is -0.674.